The second-order valence-corrected chi connectivity index (χ2v) is 7.03. The minimum absolute atomic E-state index is 0.458. The molecule has 0 spiro atoms. The second-order valence-electron chi connectivity index (χ2n) is 6.09. The van der Waals surface area contributed by atoms with E-state index >= 15 is 0 Å². The van der Waals surface area contributed by atoms with Gasteiger partial charge in [-0.2, -0.15) is 4.98 Å². The first-order chi connectivity index (χ1) is 14.2. The van der Waals surface area contributed by atoms with E-state index in [0.717, 1.165) is 21.8 Å². The molecule has 2 heterocycles. The standard InChI is InChI=1S/C21H19N3O4S/c1-25-16-7-5-4-6-14(16)21-23-19(28-24-21)11-20-22-15(12-29-20)13-8-9-17(26-2)18(10-13)27-3/h4-10,12H,11H2,1-3H3. The predicted molar refractivity (Wildman–Crippen MR) is 110 cm³/mol. The highest BCUT2D eigenvalue weighted by Crippen LogP contribution is 2.33. The van der Waals surface area contributed by atoms with Crippen molar-refractivity contribution in [3.05, 3.63) is 58.7 Å². The first-order valence-electron chi connectivity index (χ1n) is 8.84. The van der Waals surface area contributed by atoms with E-state index in [2.05, 4.69) is 10.1 Å². The molecule has 0 aliphatic rings. The number of rotatable bonds is 7. The van der Waals surface area contributed by atoms with Gasteiger partial charge in [0, 0.05) is 10.9 Å². The van der Waals surface area contributed by atoms with Gasteiger partial charge in [-0.15, -0.1) is 11.3 Å². The molecule has 29 heavy (non-hydrogen) atoms. The maximum Gasteiger partial charge on any atom is 0.233 e. The van der Waals surface area contributed by atoms with E-state index in [1.807, 2.05) is 47.8 Å². The van der Waals surface area contributed by atoms with Crippen LogP contribution in [0.5, 0.6) is 17.2 Å². The van der Waals surface area contributed by atoms with E-state index in [9.17, 15) is 0 Å². The number of ether oxygens (including phenoxy) is 3. The van der Waals surface area contributed by atoms with Crippen molar-refractivity contribution in [1.29, 1.82) is 0 Å². The zero-order valence-electron chi connectivity index (χ0n) is 16.2. The lowest BCUT2D eigenvalue weighted by atomic mass is 10.1. The Bertz CT molecular complexity index is 1120. The lowest BCUT2D eigenvalue weighted by Gasteiger charge is -2.08. The molecule has 0 radical (unpaired) electrons. The third-order valence-corrected chi connectivity index (χ3v) is 5.20. The van der Waals surface area contributed by atoms with Crippen LogP contribution in [0.3, 0.4) is 0 Å². The lowest BCUT2D eigenvalue weighted by molar-refractivity contribution is 0.355. The maximum atomic E-state index is 5.42. The van der Waals surface area contributed by atoms with Crippen molar-refractivity contribution in [1.82, 2.24) is 15.1 Å². The number of nitrogens with zero attached hydrogens (tertiary/aromatic N) is 3. The van der Waals surface area contributed by atoms with E-state index in [0.29, 0.717) is 35.4 Å². The molecular weight excluding hydrogens is 390 g/mol. The molecule has 0 aliphatic heterocycles. The van der Waals surface area contributed by atoms with Crippen LogP contribution in [0.15, 0.2) is 52.4 Å². The van der Waals surface area contributed by atoms with Crippen molar-refractivity contribution >= 4 is 11.3 Å². The zero-order valence-corrected chi connectivity index (χ0v) is 17.0. The summed E-state index contributed by atoms with van der Waals surface area (Å²) in [4.78, 5) is 9.18. The summed E-state index contributed by atoms with van der Waals surface area (Å²) in [7, 11) is 4.84. The molecule has 8 heteroatoms. The van der Waals surface area contributed by atoms with E-state index < -0.39 is 0 Å². The number of benzene rings is 2. The third-order valence-electron chi connectivity index (χ3n) is 4.35. The molecule has 2 aromatic carbocycles. The van der Waals surface area contributed by atoms with Crippen molar-refractivity contribution < 1.29 is 18.7 Å². The highest BCUT2D eigenvalue weighted by atomic mass is 32.1. The van der Waals surface area contributed by atoms with Crippen molar-refractivity contribution in [2.24, 2.45) is 0 Å². The van der Waals surface area contributed by atoms with Gasteiger partial charge >= 0.3 is 0 Å². The molecule has 4 rings (SSSR count). The Morgan fingerprint density at radius 3 is 2.48 bits per heavy atom. The molecule has 7 nitrogen and oxygen atoms in total. The molecule has 0 N–H and O–H groups in total. The molecule has 0 fully saturated rings. The summed E-state index contributed by atoms with van der Waals surface area (Å²) in [6, 6.07) is 13.3. The van der Waals surface area contributed by atoms with Crippen LogP contribution in [-0.2, 0) is 6.42 Å². The molecule has 0 saturated carbocycles. The largest absolute Gasteiger partial charge is 0.496 e. The Morgan fingerprint density at radius 1 is 0.897 bits per heavy atom. The van der Waals surface area contributed by atoms with Gasteiger partial charge < -0.3 is 18.7 Å². The predicted octanol–water partition coefficient (Wildman–Crippen LogP) is 4.48. The van der Waals surface area contributed by atoms with Crippen LogP contribution in [0.25, 0.3) is 22.6 Å². The third kappa shape index (κ3) is 3.93. The summed E-state index contributed by atoms with van der Waals surface area (Å²) < 4.78 is 21.4. The number of para-hydroxylation sites is 1. The molecule has 0 unspecified atom stereocenters. The molecule has 0 aliphatic carbocycles. The Morgan fingerprint density at radius 2 is 1.69 bits per heavy atom. The van der Waals surface area contributed by atoms with Crippen molar-refractivity contribution in [2.75, 3.05) is 21.3 Å². The molecule has 0 amide bonds. The van der Waals surface area contributed by atoms with E-state index in [4.69, 9.17) is 23.7 Å². The van der Waals surface area contributed by atoms with Gasteiger partial charge in [0.1, 0.15) is 10.8 Å². The molecule has 0 atom stereocenters. The molecule has 148 valence electrons. The van der Waals surface area contributed by atoms with E-state index in [1.165, 1.54) is 11.3 Å². The van der Waals surface area contributed by atoms with Crippen LogP contribution in [0.4, 0.5) is 0 Å². The normalized spacial score (nSPS) is 10.7. The average Bonchev–Trinajstić information content (AvgIpc) is 3.43. The fraction of sp³-hybridized carbons (Fsp3) is 0.190. The minimum atomic E-state index is 0.458. The Balaban J connectivity index is 1.54. The molecular formula is C21H19N3O4S. The van der Waals surface area contributed by atoms with Gasteiger partial charge in [-0.3, -0.25) is 0 Å². The van der Waals surface area contributed by atoms with Gasteiger partial charge in [-0.05, 0) is 30.3 Å². The SMILES string of the molecule is COc1ccc(-c2csc(Cc3nc(-c4ccccc4OC)no3)n2)cc1OC. The van der Waals surface area contributed by atoms with Crippen LogP contribution in [0.1, 0.15) is 10.9 Å². The minimum Gasteiger partial charge on any atom is -0.496 e. The molecule has 0 bridgehead atoms. The molecule has 0 saturated heterocycles. The fourth-order valence-corrected chi connectivity index (χ4v) is 3.71. The molecule has 4 aromatic rings. The number of hydrogen-bond acceptors (Lipinski definition) is 8. The summed E-state index contributed by atoms with van der Waals surface area (Å²) in [5.41, 5.74) is 2.59. The van der Waals surface area contributed by atoms with Crippen LogP contribution < -0.4 is 14.2 Å². The Labute approximate surface area is 171 Å². The number of aromatic nitrogens is 3. The first-order valence-corrected chi connectivity index (χ1v) is 9.72. The summed E-state index contributed by atoms with van der Waals surface area (Å²) in [6.07, 6.45) is 0.458. The maximum absolute atomic E-state index is 5.42. The van der Waals surface area contributed by atoms with Crippen molar-refractivity contribution in [2.45, 2.75) is 6.42 Å². The second kappa shape index (κ2) is 8.32. The summed E-state index contributed by atoms with van der Waals surface area (Å²) >= 11 is 1.54. The van der Waals surface area contributed by atoms with Crippen LogP contribution in [0, 0.1) is 0 Å². The highest BCUT2D eigenvalue weighted by Gasteiger charge is 2.15. The lowest BCUT2D eigenvalue weighted by Crippen LogP contribution is -1.92. The summed E-state index contributed by atoms with van der Waals surface area (Å²) in [5, 5.41) is 6.95. The summed E-state index contributed by atoms with van der Waals surface area (Å²) in [5.74, 6) is 3.04. The number of methoxy groups -OCH3 is 3. The van der Waals surface area contributed by atoms with Gasteiger partial charge in [-0.25, -0.2) is 4.98 Å². The van der Waals surface area contributed by atoms with Crippen LogP contribution >= 0.6 is 11.3 Å². The summed E-state index contributed by atoms with van der Waals surface area (Å²) in [6.45, 7) is 0. The highest BCUT2D eigenvalue weighted by molar-refractivity contribution is 7.10. The quantitative estimate of drug-likeness (QED) is 0.445. The smallest absolute Gasteiger partial charge is 0.233 e. The van der Waals surface area contributed by atoms with Gasteiger partial charge in [0.05, 0.1) is 39.0 Å². The Hall–Kier alpha value is -3.39. The molecule has 2 aromatic heterocycles. The van der Waals surface area contributed by atoms with E-state index in [1.54, 1.807) is 21.3 Å². The Kier molecular flexibility index (Phi) is 5.44. The monoisotopic (exact) mass is 409 g/mol. The topological polar surface area (TPSA) is 79.5 Å². The first kappa shape index (κ1) is 18.9. The van der Waals surface area contributed by atoms with Crippen LogP contribution in [0.2, 0.25) is 0 Å². The van der Waals surface area contributed by atoms with Gasteiger partial charge in [0.15, 0.2) is 11.5 Å². The van der Waals surface area contributed by atoms with Gasteiger partial charge in [-0.1, -0.05) is 17.3 Å². The number of hydrogen-bond donors (Lipinski definition) is 0. The van der Waals surface area contributed by atoms with Gasteiger partial charge in [0.2, 0.25) is 11.7 Å². The van der Waals surface area contributed by atoms with E-state index in [-0.39, 0.29) is 0 Å². The fourth-order valence-electron chi connectivity index (χ4n) is 2.92. The van der Waals surface area contributed by atoms with Gasteiger partial charge in [0.25, 0.3) is 0 Å². The average molecular weight is 409 g/mol. The van der Waals surface area contributed by atoms with Crippen molar-refractivity contribution in [3.8, 4) is 39.9 Å². The number of thiazole rings is 1. The van der Waals surface area contributed by atoms with Crippen molar-refractivity contribution in [3.63, 3.8) is 0 Å². The zero-order chi connectivity index (χ0) is 20.2. The van der Waals surface area contributed by atoms with Crippen LogP contribution in [-0.4, -0.2) is 36.5 Å².